The van der Waals surface area contributed by atoms with Crippen molar-refractivity contribution in [3.8, 4) is 0 Å². The molecule has 2 saturated heterocycles. The van der Waals surface area contributed by atoms with Crippen LogP contribution in [-0.4, -0.2) is 25.8 Å². The van der Waals surface area contributed by atoms with Crippen LogP contribution in [-0.2, 0) is 4.74 Å². The summed E-state index contributed by atoms with van der Waals surface area (Å²) in [6, 6.07) is 0. The van der Waals surface area contributed by atoms with Crippen molar-refractivity contribution in [1.29, 1.82) is 0 Å². The van der Waals surface area contributed by atoms with Gasteiger partial charge in [-0.3, -0.25) is 0 Å². The van der Waals surface area contributed by atoms with E-state index in [1.807, 2.05) is 0 Å². The van der Waals surface area contributed by atoms with E-state index in [0.29, 0.717) is 17.4 Å². The van der Waals surface area contributed by atoms with Crippen LogP contribution < -0.4 is 5.32 Å². The average Bonchev–Trinajstić information content (AvgIpc) is 2.53. The minimum absolute atomic E-state index is 0.508. The highest BCUT2D eigenvalue weighted by Gasteiger charge is 2.39. The first-order chi connectivity index (χ1) is 6.22. The molecule has 13 heavy (non-hydrogen) atoms. The summed E-state index contributed by atoms with van der Waals surface area (Å²) < 4.78 is 5.80. The van der Waals surface area contributed by atoms with Crippen molar-refractivity contribution in [3.63, 3.8) is 0 Å². The van der Waals surface area contributed by atoms with E-state index >= 15 is 0 Å². The molecule has 76 valence electrons. The Kier molecular flexibility index (Phi) is 2.61. The summed E-state index contributed by atoms with van der Waals surface area (Å²) in [7, 11) is 0. The third-order valence-corrected chi connectivity index (χ3v) is 3.67. The molecular weight excluding hydrogens is 162 g/mol. The van der Waals surface area contributed by atoms with Gasteiger partial charge < -0.3 is 10.1 Å². The summed E-state index contributed by atoms with van der Waals surface area (Å²) >= 11 is 0. The van der Waals surface area contributed by atoms with Crippen LogP contribution in [0.15, 0.2) is 0 Å². The highest BCUT2D eigenvalue weighted by molar-refractivity contribution is 4.92. The smallest absolute Gasteiger partial charge is 0.0603 e. The van der Waals surface area contributed by atoms with E-state index in [1.54, 1.807) is 0 Å². The summed E-state index contributed by atoms with van der Waals surface area (Å²) in [4.78, 5) is 0. The molecule has 0 aromatic carbocycles. The highest BCUT2D eigenvalue weighted by Crippen LogP contribution is 2.40. The van der Waals surface area contributed by atoms with Gasteiger partial charge >= 0.3 is 0 Å². The van der Waals surface area contributed by atoms with Crippen LogP contribution in [0.3, 0.4) is 0 Å². The Balaban J connectivity index is 1.98. The zero-order valence-electron chi connectivity index (χ0n) is 8.81. The molecule has 0 radical (unpaired) electrons. The molecule has 2 aliphatic heterocycles. The molecule has 2 heterocycles. The van der Waals surface area contributed by atoms with Gasteiger partial charge in [-0.15, -0.1) is 0 Å². The largest absolute Gasteiger partial charge is 0.378 e. The zero-order chi connectivity index (χ0) is 9.31. The second-order valence-corrected chi connectivity index (χ2v) is 5.03. The van der Waals surface area contributed by atoms with Gasteiger partial charge in [0.25, 0.3) is 0 Å². The number of hydrogen-bond acceptors (Lipinski definition) is 2. The molecule has 2 rings (SSSR count). The van der Waals surface area contributed by atoms with Gasteiger partial charge in [-0.1, -0.05) is 13.8 Å². The second kappa shape index (κ2) is 3.58. The number of nitrogens with one attached hydrogen (secondary N) is 1. The van der Waals surface area contributed by atoms with E-state index in [0.717, 1.165) is 6.61 Å². The van der Waals surface area contributed by atoms with E-state index in [2.05, 4.69) is 19.2 Å². The maximum Gasteiger partial charge on any atom is 0.0603 e. The maximum atomic E-state index is 5.80. The van der Waals surface area contributed by atoms with Crippen molar-refractivity contribution >= 4 is 0 Å². The van der Waals surface area contributed by atoms with E-state index in [1.165, 1.54) is 32.4 Å². The average molecular weight is 183 g/mol. The Labute approximate surface area is 81.0 Å². The standard InChI is InChI=1S/C11H21NO/c1-9(2)10-7-11(4-6-13-10)3-5-12-8-11/h9-10,12H,3-8H2,1-2H3. The third-order valence-electron chi connectivity index (χ3n) is 3.67. The van der Waals surface area contributed by atoms with Gasteiger partial charge in [0.05, 0.1) is 6.10 Å². The number of ether oxygens (including phenoxy) is 1. The number of rotatable bonds is 1. The van der Waals surface area contributed by atoms with E-state index < -0.39 is 0 Å². The topological polar surface area (TPSA) is 21.3 Å². The molecule has 2 nitrogen and oxygen atoms in total. The first-order valence-electron chi connectivity index (χ1n) is 5.54. The van der Waals surface area contributed by atoms with Crippen LogP contribution in [0.2, 0.25) is 0 Å². The Bertz CT molecular complexity index is 173. The molecular formula is C11H21NO. The Morgan fingerprint density at radius 3 is 2.85 bits per heavy atom. The number of hydrogen-bond donors (Lipinski definition) is 1. The Hall–Kier alpha value is -0.0800. The van der Waals surface area contributed by atoms with Crippen LogP contribution in [0.1, 0.15) is 33.1 Å². The Morgan fingerprint density at radius 2 is 2.23 bits per heavy atom. The molecule has 2 heteroatoms. The van der Waals surface area contributed by atoms with Crippen LogP contribution in [0.5, 0.6) is 0 Å². The summed E-state index contributed by atoms with van der Waals surface area (Å²) in [5.74, 6) is 0.678. The molecule has 0 aromatic heterocycles. The molecule has 0 saturated carbocycles. The van der Waals surface area contributed by atoms with Crippen LogP contribution in [0.4, 0.5) is 0 Å². The minimum Gasteiger partial charge on any atom is -0.378 e. The van der Waals surface area contributed by atoms with Crippen molar-refractivity contribution in [2.75, 3.05) is 19.7 Å². The van der Waals surface area contributed by atoms with Gasteiger partial charge in [0.2, 0.25) is 0 Å². The van der Waals surface area contributed by atoms with Crippen LogP contribution >= 0.6 is 0 Å². The zero-order valence-corrected chi connectivity index (χ0v) is 8.81. The lowest BCUT2D eigenvalue weighted by molar-refractivity contribution is -0.0631. The van der Waals surface area contributed by atoms with Crippen molar-refractivity contribution in [3.05, 3.63) is 0 Å². The van der Waals surface area contributed by atoms with Crippen molar-refractivity contribution in [2.45, 2.75) is 39.2 Å². The molecule has 0 aromatic rings. The van der Waals surface area contributed by atoms with Crippen molar-refractivity contribution in [1.82, 2.24) is 5.32 Å². The van der Waals surface area contributed by atoms with Crippen molar-refractivity contribution < 1.29 is 4.74 Å². The summed E-state index contributed by atoms with van der Waals surface area (Å²) in [6.45, 7) is 7.95. The van der Waals surface area contributed by atoms with Gasteiger partial charge in [0.1, 0.15) is 0 Å². The monoisotopic (exact) mass is 183 g/mol. The second-order valence-electron chi connectivity index (χ2n) is 5.03. The fourth-order valence-corrected chi connectivity index (χ4v) is 2.63. The predicted octanol–water partition coefficient (Wildman–Crippen LogP) is 1.80. The first-order valence-corrected chi connectivity index (χ1v) is 5.54. The van der Waals surface area contributed by atoms with Crippen molar-refractivity contribution in [2.24, 2.45) is 11.3 Å². The predicted molar refractivity (Wildman–Crippen MR) is 53.7 cm³/mol. The van der Waals surface area contributed by atoms with Crippen LogP contribution in [0.25, 0.3) is 0 Å². The molecule has 2 atom stereocenters. The fourth-order valence-electron chi connectivity index (χ4n) is 2.63. The van der Waals surface area contributed by atoms with E-state index in [9.17, 15) is 0 Å². The highest BCUT2D eigenvalue weighted by atomic mass is 16.5. The first kappa shape index (κ1) is 9.47. The van der Waals surface area contributed by atoms with Gasteiger partial charge in [0.15, 0.2) is 0 Å². The normalized spacial score (nSPS) is 40.4. The molecule has 2 aliphatic rings. The minimum atomic E-state index is 0.508. The van der Waals surface area contributed by atoms with Gasteiger partial charge in [-0.05, 0) is 37.1 Å². The lowest BCUT2D eigenvalue weighted by Gasteiger charge is -2.39. The SMILES string of the molecule is CC(C)C1CC2(CCNC2)CCO1. The fraction of sp³-hybridized carbons (Fsp3) is 1.00. The molecule has 0 aliphatic carbocycles. The third kappa shape index (κ3) is 1.89. The van der Waals surface area contributed by atoms with Gasteiger partial charge in [-0.2, -0.15) is 0 Å². The Morgan fingerprint density at radius 1 is 1.38 bits per heavy atom. The van der Waals surface area contributed by atoms with E-state index in [-0.39, 0.29) is 0 Å². The summed E-state index contributed by atoms with van der Waals surface area (Å²) in [5, 5.41) is 3.49. The molecule has 2 unspecified atom stereocenters. The quantitative estimate of drug-likeness (QED) is 0.669. The summed E-state index contributed by atoms with van der Waals surface area (Å²) in [5.41, 5.74) is 0.590. The lowest BCUT2D eigenvalue weighted by Crippen LogP contribution is -2.39. The molecule has 1 spiro atoms. The molecule has 2 fully saturated rings. The van der Waals surface area contributed by atoms with Gasteiger partial charge in [-0.25, -0.2) is 0 Å². The molecule has 0 bridgehead atoms. The lowest BCUT2D eigenvalue weighted by atomic mass is 9.75. The van der Waals surface area contributed by atoms with Crippen LogP contribution in [0, 0.1) is 11.3 Å². The molecule has 1 N–H and O–H groups in total. The maximum absolute atomic E-state index is 5.80. The van der Waals surface area contributed by atoms with Gasteiger partial charge in [0, 0.05) is 13.2 Å². The summed E-state index contributed by atoms with van der Waals surface area (Å²) in [6.07, 6.45) is 4.41. The molecule has 0 amide bonds. The van der Waals surface area contributed by atoms with E-state index in [4.69, 9.17) is 4.74 Å².